The van der Waals surface area contributed by atoms with Crippen LogP contribution in [0.25, 0.3) is 0 Å². The molecule has 0 radical (unpaired) electrons. The van der Waals surface area contributed by atoms with Crippen LogP contribution in [-0.2, 0) is 19.6 Å². The lowest BCUT2D eigenvalue weighted by molar-refractivity contribution is -0.157. The highest BCUT2D eigenvalue weighted by Gasteiger charge is 2.56. The van der Waals surface area contributed by atoms with Gasteiger partial charge in [-0.05, 0) is 6.42 Å². The van der Waals surface area contributed by atoms with Crippen LogP contribution in [0.4, 0.5) is 0 Å². The van der Waals surface area contributed by atoms with E-state index >= 15 is 0 Å². The van der Waals surface area contributed by atoms with Crippen LogP contribution >= 0.6 is 11.6 Å². The number of carboxylic acids is 1. The molecule has 0 aromatic heterocycles. The Bertz CT molecular complexity index is 828. The predicted octanol–water partition coefficient (Wildman–Crippen LogP) is 1.47. The molecule has 10 heteroatoms. The van der Waals surface area contributed by atoms with Crippen molar-refractivity contribution in [3.05, 3.63) is 17.2 Å². The summed E-state index contributed by atoms with van der Waals surface area (Å²) >= 11 is 6.05. The topological polar surface area (TPSA) is 102 Å². The van der Waals surface area contributed by atoms with Gasteiger partial charge in [-0.1, -0.05) is 11.6 Å². The van der Waals surface area contributed by atoms with Gasteiger partial charge in [0.2, 0.25) is 10.0 Å². The number of hydrogen-bond acceptors (Lipinski definition) is 6. The maximum absolute atomic E-state index is 13.2. The maximum Gasteiger partial charge on any atom is 0.311 e. The van der Waals surface area contributed by atoms with Crippen LogP contribution in [0.2, 0.25) is 5.02 Å². The number of methoxy groups -OCH3 is 2. The van der Waals surface area contributed by atoms with Gasteiger partial charge >= 0.3 is 5.97 Å². The van der Waals surface area contributed by atoms with E-state index in [1.165, 1.54) is 30.7 Å². The van der Waals surface area contributed by atoms with Crippen molar-refractivity contribution in [2.75, 3.05) is 40.5 Å². The number of halogens is 1. The first kappa shape index (κ1) is 19.2. The highest BCUT2D eigenvalue weighted by molar-refractivity contribution is 7.89. The zero-order chi connectivity index (χ0) is 19.1. The number of carbonyl (C=O) groups is 1. The Kier molecular flexibility index (Phi) is 5.08. The van der Waals surface area contributed by atoms with E-state index in [0.29, 0.717) is 6.61 Å². The van der Waals surface area contributed by atoms with Crippen LogP contribution in [-0.4, -0.2) is 64.3 Å². The van der Waals surface area contributed by atoms with Gasteiger partial charge in [0, 0.05) is 37.7 Å². The molecule has 0 spiro atoms. The second kappa shape index (κ2) is 6.88. The number of aliphatic carboxylic acids is 1. The van der Waals surface area contributed by atoms with Crippen molar-refractivity contribution in [2.45, 2.75) is 11.3 Å². The molecule has 1 N–H and O–H groups in total. The summed E-state index contributed by atoms with van der Waals surface area (Å²) in [5, 5.41) is 9.95. The van der Waals surface area contributed by atoms with Crippen molar-refractivity contribution in [3.8, 4) is 11.5 Å². The van der Waals surface area contributed by atoms with Crippen molar-refractivity contribution in [1.82, 2.24) is 4.31 Å². The summed E-state index contributed by atoms with van der Waals surface area (Å²) < 4.78 is 43.3. The number of carboxylic acid groups (broad SMARTS) is 1. The zero-order valence-corrected chi connectivity index (χ0v) is 16.0. The summed E-state index contributed by atoms with van der Waals surface area (Å²) in [5.41, 5.74) is -1.13. The smallest absolute Gasteiger partial charge is 0.311 e. The van der Waals surface area contributed by atoms with E-state index in [4.69, 9.17) is 25.8 Å². The summed E-state index contributed by atoms with van der Waals surface area (Å²) in [5.74, 6) is -1.13. The number of benzene rings is 1. The summed E-state index contributed by atoms with van der Waals surface area (Å²) in [6.07, 6.45) is 0.278. The van der Waals surface area contributed by atoms with Crippen LogP contribution in [0, 0.1) is 11.3 Å². The minimum atomic E-state index is -4.01. The fraction of sp³-hybridized carbons (Fsp3) is 0.562. The highest BCUT2D eigenvalue weighted by Crippen LogP contribution is 2.45. The molecule has 0 unspecified atom stereocenters. The Hall–Kier alpha value is -1.55. The lowest BCUT2D eigenvalue weighted by Gasteiger charge is -2.34. The molecule has 8 nitrogen and oxygen atoms in total. The Morgan fingerprint density at radius 1 is 1.35 bits per heavy atom. The maximum atomic E-state index is 13.2. The van der Waals surface area contributed by atoms with E-state index in [1.807, 2.05) is 0 Å². The molecule has 0 aliphatic carbocycles. The van der Waals surface area contributed by atoms with Crippen LogP contribution in [0.1, 0.15) is 6.42 Å². The molecule has 2 atom stereocenters. The Balaban J connectivity index is 2.03. The van der Waals surface area contributed by atoms with Gasteiger partial charge in [0.05, 0.1) is 31.3 Å². The van der Waals surface area contributed by atoms with E-state index < -0.39 is 27.3 Å². The van der Waals surface area contributed by atoms with Crippen molar-refractivity contribution >= 4 is 27.6 Å². The van der Waals surface area contributed by atoms with Gasteiger partial charge < -0.3 is 19.3 Å². The third-order valence-corrected chi connectivity index (χ3v) is 7.29. The second-order valence-electron chi connectivity index (χ2n) is 6.42. The van der Waals surface area contributed by atoms with Gasteiger partial charge in [0.15, 0.2) is 0 Å². The summed E-state index contributed by atoms with van der Waals surface area (Å²) in [6.45, 7) is 0.490. The first-order chi connectivity index (χ1) is 12.3. The van der Waals surface area contributed by atoms with Crippen molar-refractivity contribution in [1.29, 1.82) is 0 Å². The minimum Gasteiger partial charge on any atom is -0.495 e. The van der Waals surface area contributed by atoms with Crippen LogP contribution in [0.3, 0.4) is 0 Å². The fourth-order valence-electron chi connectivity index (χ4n) is 3.61. The van der Waals surface area contributed by atoms with Gasteiger partial charge in [-0.3, -0.25) is 4.79 Å². The summed E-state index contributed by atoms with van der Waals surface area (Å²) in [6, 6.07) is 2.66. The largest absolute Gasteiger partial charge is 0.495 e. The van der Waals surface area contributed by atoms with Crippen molar-refractivity contribution in [3.63, 3.8) is 0 Å². The Morgan fingerprint density at radius 3 is 2.62 bits per heavy atom. The van der Waals surface area contributed by atoms with E-state index in [-0.39, 0.29) is 47.5 Å². The van der Waals surface area contributed by atoms with E-state index in [2.05, 4.69) is 0 Å². The van der Waals surface area contributed by atoms with Gasteiger partial charge in [0.25, 0.3) is 0 Å². The molecule has 2 aliphatic heterocycles. The molecule has 1 aromatic carbocycles. The van der Waals surface area contributed by atoms with Gasteiger partial charge in [-0.25, -0.2) is 8.42 Å². The Labute approximate surface area is 156 Å². The lowest BCUT2D eigenvalue weighted by Crippen LogP contribution is -2.45. The number of rotatable bonds is 5. The van der Waals surface area contributed by atoms with Gasteiger partial charge in [-0.15, -0.1) is 0 Å². The Morgan fingerprint density at radius 2 is 2.04 bits per heavy atom. The zero-order valence-electron chi connectivity index (χ0n) is 14.4. The van der Waals surface area contributed by atoms with Crippen LogP contribution in [0.5, 0.6) is 11.5 Å². The molecule has 2 heterocycles. The third kappa shape index (κ3) is 2.92. The van der Waals surface area contributed by atoms with E-state index in [1.54, 1.807) is 0 Å². The number of nitrogens with zero attached hydrogens (tertiary/aromatic N) is 1. The molecule has 0 saturated carbocycles. The highest BCUT2D eigenvalue weighted by atomic mass is 35.5. The molecule has 144 valence electrons. The molecule has 2 aliphatic rings. The third-order valence-electron chi connectivity index (χ3n) is 5.16. The monoisotopic (exact) mass is 405 g/mol. The molecule has 2 saturated heterocycles. The molecule has 0 bridgehead atoms. The van der Waals surface area contributed by atoms with Gasteiger partial charge in [-0.2, -0.15) is 4.31 Å². The molecule has 3 rings (SSSR count). The van der Waals surface area contributed by atoms with Crippen molar-refractivity contribution in [2.24, 2.45) is 11.3 Å². The molecular formula is C16H20ClNO7S. The molecule has 2 fully saturated rings. The first-order valence-corrected chi connectivity index (χ1v) is 9.81. The number of hydrogen-bond donors (Lipinski definition) is 1. The van der Waals surface area contributed by atoms with Gasteiger partial charge in [0.1, 0.15) is 16.4 Å². The normalized spacial score (nSPS) is 26.3. The van der Waals surface area contributed by atoms with Crippen molar-refractivity contribution < 1.29 is 32.5 Å². The quantitative estimate of drug-likeness (QED) is 0.791. The minimum absolute atomic E-state index is 0.0722. The number of ether oxygens (including phenoxy) is 3. The lowest BCUT2D eigenvalue weighted by atomic mass is 9.74. The standard InChI is InChI=1S/C16H20ClNO7S/c1-23-12-6-14(13(24-2)5-11(12)17)26(21,22)18-7-10-8-25-4-3-16(10,9-18)15(19)20/h5-6,10H,3-4,7-9H2,1-2H3,(H,19,20)/t10-,16+/m1/s1. The number of sulfonamides is 1. The number of fused-ring (bicyclic) bond motifs is 1. The fourth-order valence-corrected chi connectivity index (χ4v) is 5.55. The second-order valence-corrected chi connectivity index (χ2v) is 8.73. The summed E-state index contributed by atoms with van der Waals surface area (Å²) in [4.78, 5) is 11.8. The molecule has 26 heavy (non-hydrogen) atoms. The summed E-state index contributed by atoms with van der Waals surface area (Å²) in [7, 11) is -1.29. The molecule has 1 aromatic rings. The first-order valence-electron chi connectivity index (χ1n) is 7.99. The average Bonchev–Trinajstić information content (AvgIpc) is 3.03. The predicted molar refractivity (Wildman–Crippen MR) is 92.3 cm³/mol. The molecular weight excluding hydrogens is 386 g/mol. The average molecular weight is 406 g/mol. The molecule has 0 amide bonds. The van der Waals surface area contributed by atoms with Crippen LogP contribution in [0.15, 0.2) is 17.0 Å². The van der Waals surface area contributed by atoms with Crippen LogP contribution < -0.4 is 9.47 Å². The van der Waals surface area contributed by atoms with E-state index in [9.17, 15) is 18.3 Å². The SMILES string of the molecule is COc1cc(S(=O)(=O)N2C[C@@H]3COCC[C@]3(C(=O)O)C2)c(OC)cc1Cl. The van der Waals surface area contributed by atoms with E-state index in [0.717, 1.165) is 0 Å².